The van der Waals surface area contributed by atoms with Gasteiger partial charge in [-0.2, -0.15) is 0 Å². The normalized spacial score (nSPS) is 58.0. The van der Waals surface area contributed by atoms with Crippen LogP contribution >= 0.6 is 0 Å². The molecule has 0 aromatic heterocycles. The fourth-order valence-electron chi connectivity index (χ4n) is 7.71. The van der Waals surface area contributed by atoms with Gasteiger partial charge in [-0.1, -0.05) is 6.92 Å². The first-order valence-electron chi connectivity index (χ1n) is 9.06. The molecule has 6 unspecified atom stereocenters. The van der Waals surface area contributed by atoms with Crippen molar-refractivity contribution in [3.63, 3.8) is 0 Å². The molecule has 0 N–H and O–H groups in total. The highest BCUT2D eigenvalue weighted by atomic mass is 16.1. The lowest BCUT2D eigenvalue weighted by Crippen LogP contribution is -2.48. The van der Waals surface area contributed by atoms with E-state index < -0.39 is 0 Å². The van der Waals surface area contributed by atoms with Gasteiger partial charge in [0.1, 0.15) is 11.6 Å². The van der Waals surface area contributed by atoms with Crippen molar-refractivity contribution in [1.82, 2.24) is 0 Å². The minimum Gasteiger partial charge on any atom is -0.300 e. The Morgan fingerprint density at radius 1 is 0.952 bits per heavy atom. The van der Waals surface area contributed by atoms with Crippen molar-refractivity contribution in [2.75, 3.05) is 0 Å². The predicted octanol–water partition coefficient (Wildman–Crippen LogP) is 3.92. The van der Waals surface area contributed by atoms with Crippen molar-refractivity contribution >= 4 is 11.6 Å². The predicted molar refractivity (Wildman–Crippen MR) is 79.6 cm³/mol. The molecule has 2 nitrogen and oxygen atoms in total. The molecule has 0 aromatic rings. The van der Waals surface area contributed by atoms with Gasteiger partial charge >= 0.3 is 0 Å². The molecule has 0 aliphatic heterocycles. The third-order valence-corrected chi connectivity index (χ3v) is 8.78. The molecule has 6 atom stereocenters. The van der Waals surface area contributed by atoms with E-state index in [1.165, 1.54) is 32.1 Å². The number of rotatable bonds is 0. The highest BCUT2D eigenvalue weighted by molar-refractivity contribution is 5.87. The average Bonchev–Trinajstić information content (AvgIpc) is 3.05. The topological polar surface area (TPSA) is 34.1 Å². The van der Waals surface area contributed by atoms with E-state index in [1.807, 2.05) is 0 Å². The number of fused-ring (bicyclic) bond motifs is 3. The molecular formula is C19H26O2. The van der Waals surface area contributed by atoms with Gasteiger partial charge in [-0.25, -0.2) is 0 Å². The molecule has 0 aromatic carbocycles. The lowest BCUT2D eigenvalue weighted by molar-refractivity contribution is -0.134. The smallest absolute Gasteiger partial charge is 0.139 e. The molecule has 0 bridgehead atoms. The zero-order valence-electron chi connectivity index (χ0n) is 13.1. The second-order valence-corrected chi connectivity index (χ2v) is 9.16. The third kappa shape index (κ3) is 1.32. The minimum atomic E-state index is 0.0111. The van der Waals surface area contributed by atoms with E-state index in [0.29, 0.717) is 28.3 Å². The van der Waals surface area contributed by atoms with Gasteiger partial charge in [-0.3, -0.25) is 9.59 Å². The van der Waals surface area contributed by atoms with E-state index in [1.54, 1.807) is 0 Å². The van der Waals surface area contributed by atoms with Gasteiger partial charge in [0.2, 0.25) is 0 Å². The Bertz CT molecular complexity index is 552. The summed E-state index contributed by atoms with van der Waals surface area (Å²) in [6, 6.07) is 0. The van der Waals surface area contributed by atoms with Gasteiger partial charge in [0.25, 0.3) is 0 Å². The molecule has 0 radical (unpaired) electrons. The van der Waals surface area contributed by atoms with Crippen molar-refractivity contribution in [1.29, 1.82) is 0 Å². The molecule has 2 heteroatoms. The van der Waals surface area contributed by atoms with Crippen LogP contribution in [-0.4, -0.2) is 11.6 Å². The summed E-state index contributed by atoms with van der Waals surface area (Å²) in [6.45, 7) is 2.26. The zero-order chi connectivity index (χ0) is 14.5. The van der Waals surface area contributed by atoms with Crippen LogP contribution in [0.2, 0.25) is 0 Å². The molecule has 5 aliphatic rings. The summed E-state index contributed by atoms with van der Waals surface area (Å²) in [4.78, 5) is 24.3. The Kier molecular flexibility index (Phi) is 2.22. The van der Waals surface area contributed by atoms with Crippen molar-refractivity contribution in [2.24, 2.45) is 34.0 Å². The maximum Gasteiger partial charge on any atom is 0.139 e. The Labute approximate surface area is 127 Å². The quantitative estimate of drug-likeness (QED) is 0.676. The molecule has 5 rings (SSSR count). The first-order chi connectivity index (χ1) is 10.0. The summed E-state index contributed by atoms with van der Waals surface area (Å²) in [7, 11) is 0. The molecule has 0 amide bonds. The minimum absolute atomic E-state index is 0.0111. The van der Waals surface area contributed by atoms with Crippen LogP contribution in [-0.2, 0) is 9.59 Å². The van der Waals surface area contributed by atoms with E-state index in [-0.39, 0.29) is 5.41 Å². The first-order valence-corrected chi connectivity index (χ1v) is 9.06. The van der Waals surface area contributed by atoms with E-state index in [4.69, 9.17) is 0 Å². The average molecular weight is 286 g/mol. The zero-order valence-corrected chi connectivity index (χ0v) is 13.1. The van der Waals surface area contributed by atoms with E-state index in [9.17, 15) is 9.59 Å². The molecule has 0 saturated heterocycles. The number of hydrogen-bond acceptors (Lipinski definition) is 2. The van der Waals surface area contributed by atoms with E-state index in [0.717, 1.165) is 43.9 Å². The SMILES string of the molecule is CC12CCC3C(CCC45CC(=O)CCC34C5)C1CCC2=O. The Morgan fingerprint density at radius 2 is 1.81 bits per heavy atom. The van der Waals surface area contributed by atoms with Crippen LogP contribution in [0.1, 0.15) is 71.1 Å². The fourth-order valence-corrected chi connectivity index (χ4v) is 7.71. The monoisotopic (exact) mass is 286 g/mol. The highest BCUT2D eigenvalue weighted by Crippen LogP contribution is 2.82. The Balaban J connectivity index is 1.50. The van der Waals surface area contributed by atoms with Crippen LogP contribution in [0.5, 0.6) is 0 Å². The molecule has 5 aliphatic carbocycles. The number of ketones is 2. The Hall–Kier alpha value is -0.660. The summed E-state index contributed by atoms with van der Waals surface area (Å²) in [6.07, 6.45) is 11.2. The highest BCUT2D eigenvalue weighted by Gasteiger charge is 2.75. The molecule has 5 fully saturated rings. The van der Waals surface area contributed by atoms with Crippen molar-refractivity contribution in [3.05, 3.63) is 0 Å². The number of hydrogen-bond donors (Lipinski definition) is 0. The molecule has 21 heavy (non-hydrogen) atoms. The summed E-state index contributed by atoms with van der Waals surface area (Å²) in [5.41, 5.74) is 0.952. The number of carbonyl (C=O) groups is 2. The van der Waals surface area contributed by atoms with Gasteiger partial charge in [-0.15, -0.1) is 0 Å². The van der Waals surface area contributed by atoms with Crippen LogP contribution in [0.3, 0.4) is 0 Å². The number of Topliss-reactive ketones (excluding diaryl/α,β-unsaturated/α-hetero) is 2. The lowest BCUT2D eigenvalue weighted by Gasteiger charge is -2.53. The molecule has 0 heterocycles. The third-order valence-electron chi connectivity index (χ3n) is 8.78. The second kappa shape index (κ2) is 3.63. The molecule has 5 saturated carbocycles. The van der Waals surface area contributed by atoms with E-state index >= 15 is 0 Å². The second-order valence-electron chi connectivity index (χ2n) is 9.16. The van der Waals surface area contributed by atoms with Crippen LogP contribution < -0.4 is 0 Å². The fraction of sp³-hybridized carbons (Fsp3) is 0.895. The van der Waals surface area contributed by atoms with Gasteiger partial charge < -0.3 is 0 Å². The van der Waals surface area contributed by atoms with E-state index in [2.05, 4.69) is 6.92 Å². The van der Waals surface area contributed by atoms with Crippen molar-refractivity contribution in [3.8, 4) is 0 Å². The summed E-state index contributed by atoms with van der Waals surface area (Å²) in [5.74, 6) is 3.37. The largest absolute Gasteiger partial charge is 0.300 e. The maximum atomic E-state index is 12.4. The molecule has 0 spiro atoms. The lowest BCUT2D eigenvalue weighted by atomic mass is 9.50. The molecule has 114 valence electrons. The van der Waals surface area contributed by atoms with Crippen LogP contribution in [0.15, 0.2) is 0 Å². The van der Waals surface area contributed by atoms with Crippen molar-refractivity contribution < 1.29 is 9.59 Å². The van der Waals surface area contributed by atoms with Crippen LogP contribution in [0.4, 0.5) is 0 Å². The van der Waals surface area contributed by atoms with Gasteiger partial charge in [0, 0.05) is 24.7 Å². The van der Waals surface area contributed by atoms with Crippen LogP contribution in [0, 0.1) is 34.0 Å². The summed E-state index contributed by atoms with van der Waals surface area (Å²) < 4.78 is 0. The van der Waals surface area contributed by atoms with Gasteiger partial charge in [-0.05, 0) is 73.5 Å². The summed E-state index contributed by atoms with van der Waals surface area (Å²) in [5, 5.41) is 0. The molecular weight excluding hydrogens is 260 g/mol. The van der Waals surface area contributed by atoms with Crippen molar-refractivity contribution in [2.45, 2.75) is 71.1 Å². The first kappa shape index (κ1) is 12.8. The van der Waals surface area contributed by atoms with Gasteiger partial charge in [0.05, 0.1) is 0 Å². The van der Waals surface area contributed by atoms with Crippen LogP contribution in [0.25, 0.3) is 0 Å². The standard InChI is InChI=1S/C19H26O2/c1-17-7-6-15-13(14(17)2-3-16(17)21)5-8-18-10-12(20)4-9-19(15,18)11-18/h13-15H,2-11H2,1H3. The maximum absolute atomic E-state index is 12.4. The van der Waals surface area contributed by atoms with Gasteiger partial charge in [0.15, 0.2) is 0 Å². The number of carbonyl (C=O) groups excluding carboxylic acids is 2. The Morgan fingerprint density at radius 3 is 2.67 bits per heavy atom. The summed E-state index contributed by atoms with van der Waals surface area (Å²) >= 11 is 0.